The number of anilines is 1. The molecule has 0 saturated heterocycles. The van der Waals surface area contributed by atoms with E-state index in [2.05, 4.69) is 5.32 Å². The third-order valence-electron chi connectivity index (χ3n) is 8.51. The third-order valence-corrected chi connectivity index (χ3v) is 11.0. The molecular weight excluding hydrogens is 689 g/mol. The van der Waals surface area contributed by atoms with Crippen molar-refractivity contribution in [3.8, 4) is 0 Å². The molecule has 7 nitrogen and oxygen atoms in total. The molecule has 1 aliphatic rings. The van der Waals surface area contributed by atoms with Gasteiger partial charge in [0.05, 0.1) is 10.6 Å². The fourth-order valence-electron chi connectivity index (χ4n) is 5.93. The molecule has 0 heterocycles. The number of rotatable bonds is 12. The second-order valence-corrected chi connectivity index (χ2v) is 15.3. The van der Waals surface area contributed by atoms with Crippen LogP contribution in [0.1, 0.15) is 48.8 Å². The summed E-state index contributed by atoms with van der Waals surface area (Å²) in [6.45, 7) is 1.29. The van der Waals surface area contributed by atoms with E-state index in [1.165, 1.54) is 35.2 Å². The number of nitrogens with zero attached hydrogens (tertiary/aromatic N) is 2. The lowest BCUT2D eigenvalue weighted by Crippen LogP contribution is -2.55. The Bertz CT molecular complexity index is 1800. The lowest BCUT2D eigenvalue weighted by molar-refractivity contribution is -0.140. The smallest absolute Gasteiger partial charge is 0.264 e. The molecular formula is C37H38Cl3N3O4S. The van der Waals surface area contributed by atoms with Crippen molar-refractivity contribution in [3.05, 3.63) is 129 Å². The predicted octanol–water partition coefficient (Wildman–Crippen LogP) is 8.24. The Morgan fingerprint density at radius 2 is 1.42 bits per heavy atom. The molecule has 4 aromatic rings. The van der Waals surface area contributed by atoms with Crippen LogP contribution in [-0.4, -0.2) is 43.8 Å². The number of aryl methyl sites for hydroxylation is 1. The minimum Gasteiger partial charge on any atom is -0.352 e. The molecule has 0 unspecified atom stereocenters. The Morgan fingerprint density at radius 1 is 0.792 bits per heavy atom. The number of carbonyl (C=O) groups is 2. The molecule has 252 valence electrons. The van der Waals surface area contributed by atoms with E-state index in [1.807, 2.05) is 37.3 Å². The van der Waals surface area contributed by atoms with Gasteiger partial charge in [-0.25, -0.2) is 8.42 Å². The molecule has 0 radical (unpaired) electrons. The normalized spacial score (nSPS) is 14.2. The molecule has 0 spiro atoms. The first kappa shape index (κ1) is 35.7. The Balaban J connectivity index is 1.58. The van der Waals surface area contributed by atoms with E-state index in [9.17, 15) is 18.0 Å². The van der Waals surface area contributed by atoms with Gasteiger partial charge in [-0.3, -0.25) is 13.9 Å². The molecule has 1 N–H and O–H groups in total. The van der Waals surface area contributed by atoms with E-state index in [-0.39, 0.29) is 45.5 Å². The van der Waals surface area contributed by atoms with Crippen molar-refractivity contribution >= 4 is 62.3 Å². The molecule has 1 aliphatic carbocycles. The van der Waals surface area contributed by atoms with Crippen LogP contribution in [-0.2, 0) is 32.6 Å². The summed E-state index contributed by atoms with van der Waals surface area (Å²) < 4.78 is 29.5. The summed E-state index contributed by atoms with van der Waals surface area (Å²) in [5.41, 5.74) is 2.60. The first-order valence-corrected chi connectivity index (χ1v) is 18.5. The largest absolute Gasteiger partial charge is 0.352 e. The summed E-state index contributed by atoms with van der Waals surface area (Å²) in [6.07, 6.45) is 5.14. The van der Waals surface area contributed by atoms with Crippen LogP contribution in [0.5, 0.6) is 0 Å². The molecule has 5 rings (SSSR count). The Morgan fingerprint density at radius 3 is 2.04 bits per heavy atom. The van der Waals surface area contributed by atoms with Crippen LogP contribution in [0.4, 0.5) is 5.69 Å². The van der Waals surface area contributed by atoms with Crippen molar-refractivity contribution in [2.45, 2.75) is 69.0 Å². The fraction of sp³-hybridized carbons (Fsp3) is 0.297. The van der Waals surface area contributed by atoms with E-state index >= 15 is 0 Å². The maximum absolute atomic E-state index is 14.7. The van der Waals surface area contributed by atoms with Crippen molar-refractivity contribution in [3.63, 3.8) is 0 Å². The van der Waals surface area contributed by atoms with Crippen molar-refractivity contribution in [1.82, 2.24) is 10.2 Å². The Hall–Kier alpha value is -3.56. The molecule has 11 heteroatoms. The molecule has 0 bridgehead atoms. The van der Waals surface area contributed by atoms with Crippen LogP contribution in [0, 0.1) is 6.92 Å². The van der Waals surface area contributed by atoms with Crippen LogP contribution < -0.4 is 9.62 Å². The van der Waals surface area contributed by atoms with Gasteiger partial charge in [0.15, 0.2) is 0 Å². The zero-order valence-electron chi connectivity index (χ0n) is 26.6. The summed E-state index contributed by atoms with van der Waals surface area (Å²) in [7, 11) is -4.29. The number of hydrogen-bond donors (Lipinski definition) is 1. The molecule has 1 fully saturated rings. The average Bonchev–Trinajstić information content (AvgIpc) is 3.06. The highest BCUT2D eigenvalue weighted by molar-refractivity contribution is 7.92. The van der Waals surface area contributed by atoms with Crippen LogP contribution in [0.3, 0.4) is 0 Å². The Labute approximate surface area is 297 Å². The quantitative estimate of drug-likeness (QED) is 0.159. The topological polar surface area (TPSA) is 86.8 Å². The summed E-state index contributed by atoms with van der Waals surface area (Å²) >= 11 is 18.9. The van der Waals surface area contributed by atoms with Gasteiger partial charge in [-0.05, 0) is 73.4 Å². The lowest BCUT2D eigenvalue weighted by Gasteiger charge is -2.35. The van der Waals surface area contributed by atoms with E-state index < -0.39 is 28.5 Å². The van der Waals surface area contributed by atoms with Crippen LogP contribution in [0.25, 0.3) is 0 Å². The van der Waals surface area contributed by atoms with Gasteiger partial charge in [0.2, 0.25) is 11.8 Å². The third kappa shape index (κ3) is 9.32. The highest BCUT2D eigenvalue weighted by Crippen LogP contribution is 2.31. The summed E-state index contributed by atoms with van der Waals surface area (Å²) in [5.74, 6) is -0.858. The highest BCUT2D eigenvalue weighted by Gasteiger charge is 2.35. The number of benzene rings is 4. The molecule has 1 atom stereocenters. The van der Waals surface area contributed by atoms with Crippen molar-refractivity contribution in [2.24, 2.45) is 0 Å². The van der Waals surface area contributed by atoms with E-state index in [4.69, 9.17) is 34.8 Å². The molecule has 4 aromatic carbocycles. The highest BCUT2D eigenvalue weighted by atomic mass is 35.5. The van der Waals surface area contributed by atoms with Crippen LogP contribution in [0.15, 0.2) is 102 Å². The summed E-state index contributed by atoms with van der Waals surface area (Å²) in [4.78, 5) is 30.4. The molecule has 0 aliphatic heterocycles. The zero-order chi connectivity index (χ0) is 34.3. The SMILES string of the molecule is Cc1ccc(S(=O)(=O)N(CC(=O)N(Cc2ccc(Cl)cc2)[C@@H](Cc2ccccc2)C(=O)NC2CCCCC2)c2cc(Cl)cc(Cl)c2)cc1. The zero-order valence-corrected chi connectivity index (χ0v) is 29.7. The number of halogens is 3. The lowest BCUT2D eigenvalue weighted by atomic mass is 9.94. The number of carbonyl (C=O) groups excluding carboxylic acids is 2. The van der Waals surface area contributed by atoms with E-state index in [0.29, 0.717) is 5.02 Å². The van der Waals surface area contributed by atoms with E-state index in [1.54, 1.807) is 36.4 Å². The predicted molar refractivity (Wildman–Crippen MR) is 193 cm³/mol. The van der Waals surface area contributed by atoms with Gasteiger partial charge in [-0.15, -0.1) is 0 Å². The van der Waals surface area contributed by atoms with Gasteiger partial charge in [0.1, 0.15) is 12.6 Å². The van der Waals surface area contributed by atoms with Crippen LogP contribution in [0.2, 0.25) is 15.1 Å². The van der Waals surface area contributed by atoms with Gasteiger partial charge in [0.25, 0.3) is 10.0 Å². The minimum atomic E-state index is -4.29. The first-order valence-electron chi connectivity index (χ1n) is 15.9. The van der Waals surface area contributed by atoms with Gasteiger partial charge in [0, 0.05) is 34.1 Å². The van der Waals surface area contributed by atoms with Gasteiger partial charge in [-0.2, -0.15) is 0 Å². The fourth-order valence-corrected chi connectivity index (χ4v) is 7.97. The Kier molecular flexibility index (Phi) is 12.1. The number of hydrogen-bond acceptors (Lipinski definition) is 4. The number of amides is 2. The number of nitrogens with one attached hydrogen (secondary N) is 1. The molecule has 0 aromatic heterocycles. The van der Waals surface area contributed by atoms with Crippen LogP contribution >= 0.6 is 34.8 Å². The molecule has 2 amide bonds. The first-order chi connectivity index (χ1) is 23.0. The summed E-state index contributed by atoms with van der Waals surface area (Å²) in [6, 6.07) is 26.3. The van der Waals surface area contributed by atoms with Crippen molar-refractivity contribution < 1.29 is 18.0 Å². The van der Waals surface area contributed by atoms with Gasteiger partial charge < -0.3 is 10.2 Å². The maximum atomic E-state index is 14.7. The van der Waals surface area contributed by atoms with Crippen molar-refractivity contribution in [2.75, 3.05) is 10.8 Å². The second kappa shape index (κ2) is 16.2. The van der Waals surface area contributed by atoms with E-state index in [0.717, 1.165) is 53.1 Å². The maximum Gasteiger partial charge on any atom is 0.264 e. The van der Waals surface area contributed by atoms with Crippen molar-refractivity contribution in [1.29, 1.82) is 0 Å². The molecule has 1 saturated carbocycles. The molecule has 48 heavy (non-hydrogen) atoms. The second-order valence-electron chi connectivity index (χ2n) is 12.1. The standard InChI is InChI=1S/C37H38Cl3N3O4S/c1-26-12-18-34(19-13-26)48(46,47)43(33-22-30(39)21-31(40)23-33)25-36(44)42(24-28-14-16-29(38)17-15-28)35(20-27-8-4-2-5-9-27)37(45)41-32-10-6-3-7-11-32/h2,4-5,8-9,12-19,21-23,32,35H,3,6-7,10-11,20,24-25H2,1H3,(H,41,45)/t35-/m0/s1. The van der Waals surface area contributed by atoms with Gasteiger partial charge in [-0.1, -0.05) is 114 Å². The van der Waals surface area contributed by atoms with Gasteiger partial charge >= 0.3 is 0 Å². The average molecular weight is 727 g/mol. The number of sulfonamides is 1. The summed E-state index contributed by atoms with van der Waals surface area (Å²) in [5, 5.41) is 4.16. The minimum absolute atomic E-state index is 0.00266. The monoisotopic (exact) mass is 725 g/mol.